The molecular weight excluding hydrogens is 1740 g/mol. The van der Waals surface area contributed by atoms with Crippen LogP contribution in [0, 0.1) is 96.7 Å². The summed E-state index contributed by atoms with van der Waals surface area (Å²) in [7, 11) is -2.76. The van der Waals surface area contributed by atoms with Gasteiger partial charge in [-0.05, 0) is 240 Å². The minimum Gasteiger partial charge on any atom is -0.392 e. The highest BCUT2D eigenvalue weighted by Crippen LogP contribution is 2.40. The van der Waals surface area contributed by atoms with E-state index in [9.17, 15) is 38.7 Å². The van der Waals surface area contributed by atoms with Crippen molar-refractivity contribution in [3.05, 3.63) is 422 Å². The second-order valence-electron chi connectivity index (χ2n) is 33.9. The van der Waals surface area contributed by atoms with Gasteiger partial charge in [0, 0.05) is 59.3 Å². The zero-order chi connectivity index (χ0) is 89.8. The van der Waals surface area contributed by atoms with E-state index >= 15 is 0 Å². The van der Waals surface area contributed by atoms with Crippen LogP contribution in [0.15, 0.2) is 305 Å². The Hall–Kier alpha value is -9.66. The van der Waals surface area contributed by atoms with E-state index in [0.717, 1.165) is 80.2 Å². The maximum absolute atomic E-state index is 13.0. The molecular formula is C109H116Br3F3O5Si2. The Morgan fingerprint density at radius 1 is 0.287 bits per heavy atom. The van der Waals surface area contributed by atoms with Gasteiger partial charge >= 0.3 is 0 Å². The number of aliphatic hydroxyl groups is 5. The van der Waals surface area contributed by atoms with Crippen LogP contribution in [0.3, 0.4) is 0 Å². The van der Waals surface area contributed by atoms with Crippen molar-refractivity contribution >= 4 is 63.9 Å². The van der Waals surface area contributed by atoms with Crippen LogP contribution in [-0.4, -0.2) is 60.0 Å². The average molecular weight is 1860 g/mol. The quantitative estimate of drug-likeness (QED) is 0.0435. The molecule has 0 heterocycles. The molecule has 5 nitrogen and oxygen atoms in total. The normalized spacial score (nSPS) is 12.7. The van der Waals surface area contributed by atoms with Gasteiger partial charge in [0.2, 0.25) is 0 Å². The molecule has 0 fully saturated rings. The van der Waals surface area contributed by atoms with Crippen LogP contribution in [-0.2, 0) is 11.2 Å². The van der Waals surface area contributed by atoms with Crippen molar-refractivity contribution < 1.29 is 38.7 Å². The van der Waals surface area contributed by atoms with Crippen LogP contribution in [0.1, 0.15) is 186 Å². The third-order valence-corrected chi connectivity index (χ3v) is 24.2. The lowest BCUT2D eigenvalue weighted by Crippen LogP contribution is -2.33. The van der Waals surface area contributed by atoms with Gasteiger partial charge in [-0.3, -0.25) is 0 Å². The van der Waals surface area contributed by atoms with Crippen molar-refractivity contribution in [3.8, 4) is 47.6 Å². The molecule has 13 heteroatoms. The zero-order valence-corrected chi connectivity index (χ0v) is 79.9. The number of halogens is 6. The van der Waals surface area contributed by atoms with Gasteiger partial charge in [0.05, 0.1) is 18.3 Å². The molecule has 12 aromatic rings. The van der Waals surface area contributed by atoms with E-state index < -0.39 is 45.7 Å². The second kappa shape index (κ2) is 46.7. The summed E-state index contributed by atoms with van der Waals surface area (Å²) in [4.78, 5) is 0. The molecule has 12 aromatic carbocycles. The molecule has 5 N–H and O–H groups in total. The summed E-state index contributed by atoms with van der Waals surface area (Å²) < 4.78 is 42.1. The third-order valence-electron chi connectivity index (χ3n) is 20.8. The molecule has 2 unspecified atom stereocenters. The SMILES string of the molecule is C#Cc1ccc(C(c2ccc(C#C)cc2)[C@H](C)O)cc1.CC(C)C(O)(c1ccc(F)cc1)c1ccc(F)cc1.C[C@H](O)C(c1ccc(Br)cc1)c1ccc(Br)cc1.C[C@H](O)C(c1ccc(C#C[Si](C)(C)C)cc1)c1ccc(C#C[Si](C)(C)C)cc1.Cc1ccc(C(O)(c2ccc(Br)cc2)C(C)C)cc1.Cc1ccc(C(c2ccc(F)cc2)C(C)C)cc1. The Bertz CT molecular complexity index is 4900. The first-order valence-electron chi connectivity index (χ1n) is 41.2. The van der Waals surface area contributed by atoms with Gasteiger partial charge in [-0.1, -0.05) is 333 Å². The van der Waals surface area contributed by atoms with E-state index in [1.807, 2.05) is 199 Å². The maximum Gasteiger partial charge on any atom is 0.129 e. The lowest BCUT2D eigenvalue weighted by Gasteiger charge is -2.33. The molecule has 5 atom stereocenters. The van der Waals surface area contributed by atoms with E-state index in [1.165, 1.54) is 46.5 Å². The molecule has 0 bridgehead atoms. The molecule has 0 aromatic heterocycles. The van der Waals surface area contributed by atoms with Crippen molar-refractivity contribution in [2.45, 2.75) is 169 Å². The highest BCUT2D eigenvalue weighted by Gasteiger charge is 2.37. The predicted molar refractivity (Wildman–Crippen MR) is 519 cm³/mol. The first-order valence-corrected chi connectivity index (χ1v) is 50.6. The van der Waals surface area contributed by atoms with E-state index in [4.69, 9.17) is 12.8 Å². The summed E-state index contributed by atoms with van der Waals surface area (Å²) in [6, 6.07) is 91.1. The summed E-state index contributed by atoms with van der Waals surface area (Å²) in [5.74, 6) is 11.5. The van der Waals surface area contributed by atoms with Gasteiger partial charge in [0.25, 0.3) is 0 Å². The molecule has 0 saturated carbocycles. The smallest absolute Gasteiger partial charge is 0.129 e. The highest BCUT2D eigenvalue weighted by molar-refractivity contribution is 9.11. The van der Waals surface area contributed by atoms with Crippen LogP contribution >= 0.6 is 47.8 Å². The zero-order valence-electron chi connectivity index (χ0n) is 73.1. The number of rotatable bonds is 18. The average Bonchev–Trinajstić information content (AvgIpc) is 0.779. The molecule has 0 spiro atoms. The standard InChI is InChI=1S/C25H32OSi2.C19H16O.C17H19BrO.C17H19F.C16H16F2O.C15H14Br2O/c1-20(26)25(23-12-8-21(9-13-23)16-18-27(2,3)4)24-14-10-22(11-15-24)17-19-28(5,6)7;1-4-15-6-10-17(11-7-15)19(14(3)20)18-12-8-16(5-2)9-13-18;1-12(2)17(19,14-6-4-13(3)5-7-14)15-8-10-16(18)11-9-15;1-12(2)17(14-6-4-13(3)5-7-14)15-8-10-16(18)11-9-15;1-11(2)16(19,12-3-7-14(17)8-4-12)13-5-9-15(18)10-6-13;1-10(18)15(11-2-6-13(16)7-3-11)12-4-8-14(17)9-5-12/h8-15,20,25-26H,1-7H3;1-2,6-14,19-20H,3H3;4-12,19H,1-3H3;4-12,17H,1-3H3;3-11,19H,1-2H3;2-10,15,18H,1H3/t20-;14-;;;;10-/m00...0/s1. The van der Waals surface area contributed by atoms with Gasteiger partial charge < -0.3 is 25.5 Å². The monoisotopic (exact) mass is 1850 g/mol. The largest absolute Gasteiger partial charge is 0.392 e. The second-order valence-corrected chi connectivity index (χ2v) is 46.2. The van der Waals surface area contributed by atoms with Gasteiger partial charge in [-0.2, -0.15) is 0 Å². The van der Waals surface area contributed by atoms with Crippen molar-refractivity contribution in [1.82, 2.24) is 0 Å². The van der Waals surface area contributed by atoms with E-state index in [2.05, 4.69) is 222 Å². The fourth-order valence-corrected chi connectivity index (χ4v) is 16.1. The Morgan fingerprint density at radius 2 is 0.475 bits per heavy atom. The number of aryl methyl sites for hydroxylation is 2. The summed E-state index contributed by atoms with van der Waals surface area (Å²) >= 11 is 10.3. The number of terminal acetylenes is 2. The van der Waals surface area contributed by atoms with E-state index in [1.54, 1.807) is 43.3 Å². The van der Waals surface area contributed by atoms with Gasteiger partial charge in [0.15, 0.2) is 0 Å². The molecule has 0 aliphatic heterocycles. The maximum atomic E-state index is 13.0. The molecule has 0 saturated heterocycles. The number of hydrogen-bond donors (Lipinski definition) is 5. The van der Waals surface area contributed by atoms with Crippen molar-refractivity contribution in [2.75, 3.05) is 0 Å². The molecule has 632 valence electrons. The van der Waals surface area contributed by atoms with Crippen molar-refractivity contribution in [3.63, 3.8) is 0 Å². The minimum atomic E-state index is -1.38. The first kappa shape index (κ1) is 99.4. The Balaban J connectivity index is 0.000000203. The molecule has 0 aliphatic rings. The van der Waals surface area contributed by atoms with Crippen LogP contribution < -0.4 is 0 Å². The lowest BCUT2D eigenvalue weighted by atomic mass is 9.77. The minimum absolute atomic E-state index is 0.00574. The summed E-state index contributed by atoms with van der Waals surface area (Å²) in [5.41, 5.74) is 22.8. The first-order chi connectivity index (χ1) is 57.6. The lowest BCUT2D eigenvalue weighted by molar-refractivity contribution is 0.0315. The van der Waals surface area contributed by atoms with Crippen LogP contribution in [0.25, 0.3) is 0 Å². The van der Waals surface area contributed by atoms with Gasteiger partial charge in [-0.15, -0.1) is 23.9 Å². The Kier molecular flexibility index (Phi) is 38.1. The highest BCUT2D eigenvalue weighted by atomic mass is 79.9. The number of hydrogen-bond acceptors (Lipinski definition) is 5. The summed E-state index contributed by atoms with van der Waals surface area (Å²) in [5, 5.41) is 52.7. The van der Waals surface area contributed by atoms with Gasteiger partial charge in [-0.25, -0.2) is 13.2 Å². The fourth-order valence-electron chi connectivity index (χ4n) is 14.2. The van der Waals surface area contributed by atoms with Crippen LogP contribution in [0.2, 0.25) is 39.3 Å². The van der Waals surface area contributed by atoms with Gasteiger partial charge in [0.1, 0.15) is 44.8 Å². The number of benzene rings is 12. The number of aliphatic hydroxyl groups excluding tert-OH is 3. The van der Waals surface area contributed by atoms with E-state index in [0.29, 0.717) is 23.0 Å². The van der Waals surface area contributed by atoms with Crippen LogP contribution in [0.5, 0.6) is 0 Å². The molecule has 0 aliphatic carbocycles. The third kappa shape index (κ3) is 29.8. The molecule has 0 amide bonds. The summed E-state index contributed by atoms with van der Waals surface area (Å²) in [6.07, 6.45) is 9.33. The van der Waals surface area contributed by atoms with Crippen LogP contribution in [0.4, 0.5) is 13.2 Å². The summed E-state index contributed by atoms with van der Waals surface area (Å²) in [6.45, 7) is 35.3. The van der Waals surface area contributed by atoms with Crippen molar-refractivity contribution in [1.29, 1.82) is 0 Å². The topological polar surface area (TPSA) is 101 Å². The van der Waals surface area contributed by atoms with E-state index in [-0.39, 0.29) is 47.0 Å². The van der Waals surface area contributed by atoms with Crippen molar-refractivity contribution in [2.24, 2.45) is 17.8 Å². The molecule has 122 heavy (non-hydrogen) atoms. The fraction of sp³-hybridized carbons (Fsp3) is 0.266. The Morgan fingerprint density at radius 3 is 0.705 bits per heavy atom. The predicted octanol–water partition coefficient (Wildman–Crippen LogP) is 27.0. The Labute approximate surface area is 752 Å². The molecule has 12 rings (SSSR count). The molecule has 0 radical (unpaired) electrons.